The maximum Gasteiger partial charge on any atom is 0.128 e. The SMILES string of the molecule is Cc1cc(N2CCCNCC2)ncc1N. The Bertz CT molecular complexity index is 329. The topological polar surface area (TPSA) is 54.2 Å². The van der Waals surface area contributed by atoms with E-state index in [1.165, 1.54) is 6.42 Å². The van der Waals surface area contributed by atoms with Crippen molar-refractivity contribution >= 4 is 11.5 Å². The molecule has 2 heterocycles. The highest BCUT2D eigenvalue weighted by Crippen LogP contribution is 2.17. The molecule has 1 aliphatic heterocycles. The van der Waals surface area contributed by atoms with Gasteiger partial charge in [-0.25, -0.2) is 4.98 Å². The molecule has 0 radical (unpaired) electrons. The Balaban J connectivity index is 2.16. The second-order valence-corrected chi connectivity index (χ2v) is 3.99. The van der Waals surface area contributed by atoms with E-state index in [1.807, 2.05) is 6.92 Å². The fourth-order valence-corrected chi connectivity index (χ4v) is 1.80. The molecule has 0 unspecified atom stereocenters. The van der Waals surface area contributed by atoms with Crippen molar-refractivity contribution in [1.82, 2.24) is 10.3 Å². The zero-order valence-electron chi connectivity index (χ0n) is 9.16. The first kappa shape index (κ1) is 10.2. The lowest BCUT2D eigenvalue weighted by atomic mass is 10.2. The van der Waals surface area contributed by atoms with Crippen molar-refractivity contribution in [1.29, 1.82) is 0 Å². The third kappa shape index (κ3) is 2.39. The number of hydrogen-bond donors (Lipinski definition) is 2. The molecule has 0 aliphatic carbocycles. The van der Waals surface area contributed by atoms with Crippen LogP contribution in [0.4, 0.5) is 11.5 Å². The molecule has 0 saturated carbocycles. The predicted molar refractivity (Wildman–Crippen MR) is 63.1 cm³/mol. The lowest BCUT2D eigenvalue weighted by molar-refractivity contribution is 0.724. The van der Waals surface area contributed by atoms with Crippen molar-refractivity contribution < 1.29 is 0 Å². The quantitative estimate of drug-likeness (QED) is 0.712. The molecule has 1 aromatic heterocycles. The Morgan fingerprint density at radius 1 is 1.40 bits per heavy atom. The summed E-state index contributed by atoms with van der Waals surface area (Å²) in [6.45, 7) is 6.26. The first-order valence-corrected chi connectivity index (χ1v) is 5.45. The molecule has 0 spiro atoms. The number of pyridine rings is 1. The summed E-state index contributed by atoms with van der Waals surface area (Å²) in [6, 6.07) is 2.07. The van der Waals surface area contributed by atoms with Crippen LogP contribution in [-0.2, 0) is 0 Å². The lowest BCUT2D eigenvalue weighted by Gasteiger charge is -2.21. The molecule has 0 amide bonds. The maximum atomic E-state index is 5.76. The maximum absolute atomic E-state index is 5.76. The summed E-state index contributed by atoms with van der Waals surface area (Å²) >= 11 is 0. The number of nitrogens with two attached hydrogens (primary N) is 1. The first-order valence-electron chi connectivity index (χ1n) is 5.45. The second-order valence-electron chi connectivity index (χ2n) is 3.99. The van der Waals surface area contributed by atoms with Gasteiger partial charge >= 0.3 is 0 Å². The van der Waals surface area contributed by atoms with Crippen molar-refractivity contribution in [2.24, 2.45) is 0 Å². The number of aromatic nitrogens is 1. The fraction of sp³-hybridized carbons (Fsp3) is 0.545. The molecule has 1 fully saturated rings. The molecule has 0 aromatic carbocycles. The van der Waals surface area contributed by atoms with Crippen LogP contribution in [0.15, 0.2) is 12.3 Å². The monoisotopic (exact) mass is 206 g/mol. The third-order valence-electron chi connectivity index (χ3n) is 2.80. The Hall–Kier alpha value is -1.29. The van der Waals surface area contributed by atoms with Gasteiger partial charge in [-0.05, 0) is 31.5 Å². The summed E-state index contributed by atoms with van der Waals surface area (Å²) < 4.78 is 0. The smallest absolute Gasteiger partial charge is 0.128 e. The summed E-state index contributed by atoms with van der Waals surface area (Å²) in [4.78, 5) is 6.69. The van der Waals surface area contributed by atoms with Crippen molar-refractivity contribution in [2.45, 2.75) is 13.3 Å². The van der Waals surface area contributed by atoms with Gasteiger partial charge in [0.15, 0.2) is 0 Å². The van der Waals surface area contributed by atoms with E-state index in [9.17, 15) is 0 Å². The molecule has 15 heavy (non-hydrogen) atoms. The lowest BCUT2D eigenvalue weighted by Crippen LogP contribution is -2.28. The van der Waals surface area contributed by atoms with Gasteiger partial charge in [0.1, 0.15) is 5.82 Å². The molecule has 1 aliphatic rings. The number of nitrogens with one attached hydrogen (secondary N) is 1. The number of anilines is 2. The van der Waals surface area contributed by atoms with E-state index >= 15 is 0 Å². The minimum atomic E-state index is 0.770. The number of aryl methyl sites for hydroxylation is 1. The van der Waals surface area contributed by atoms with Crippen LogP contribution < -0.4 is 16.0 Å². The van der Waals surface area contributed by atoms with Crippen LogP contribution in [0, 0.1) is 6.92 Å². The molecule has 1 saturated heterocycles. The minimum absolute atomic E-state index is 0.770. The Morgan fingerprint density at radius 3 is 3.07 bits per heavy atom. The predicted octanol–water partition coefficient (Wildman–Crippen LogP) is 0.772. The van der Waals surface area contributed by atoms with E-state index in [0.717, 1.165) is 43.2 Å². The van der Waals surface area contributed by atoms with E-state index in [0.29, 0.717) is 0 Å². The molecular weight excluding hydrogens is 188 g/mol. The summed E-state index contributed by atoms with van der Waals surface area (Å²) in [5.41, 5.74) is 7.63. The molecular formula is C11H18N4. The average Bonchev–Trinajstić information content (AvgIpc) is 2.50. The number of nitrogens with zero attached hydrogens (tertiary/aromatic N) is 2. The summed E-state index contributed by atoms with van der Waals surface area (Å²) in [7, 11) is 0. The molecule has 2 rings (SSSR count). The number of nitrogen functional groups attached to an aromatic ring is 1. The summed E-state index contributed by atoms with van der Waals surface area (Å²) in [5.74, 6) is 1.05. The van der Waals surface area contributed by atoms with Crippen LogP contribution in [0.3, 0.4) is 0 Å². The number of hydrogen-bond acceptors (Lipinski definition) is 4. The number of rotatable bonds is 1. The third-order valence-corrected chi connectivity index (χ3v) is 2.80. The van der Waals surface area contributed by atoms with Crippen LogP contribution in [0.1, 0.15) is 12.0 Å². The molecule has 0 atom stereocenters. The fourth-order valence-electron chi connectivity index (χ4n) is 1.80. The van der Waals surface area contributed by atoms with Crippen molar-refractivity contribution in [3.05, 3.63) is 17.8 Å². The minimum Gasteiger partial charge on any atom is -0.397 e. The molecule has 82 valence electrons. The van der Waals surface area contributed by atoms with E-state index in [2.05, 4.69) is 21.3 Å². The van der Waals surface area contributed by atoms with Gasteiger partial charge in [0.2, 0.25) is 0 Å². The van der Waals surface area contributed by atoms with Crippen LogP contribution in [-0.4, -0.2) is 31.2 Å². The normalized spacial score (nSPS) is 17.5. The van der Waals surface area contributed by atoms with Gasteiger partial charge in [-0.15, -0.1) is 0 Å². The van der Waals surface area contributed by atoms with Gasteiger partial charge in [0, 0.05) is 19.6 Å². The average molecular weight is 206 g/mol. The van der Waals surface area contributed by atoms with Crippen molar-refractivity contribution in [3.8, 4) is 0 Å². The van der Waals surface area contributed by atoms with E-state index < -0.39 is 0 Å². The first-order chi connectivity index (χ1) is 7.27. The van der Waals surface area contributed by atoms with Gasteiger partial charge in [0.25, 0.3) is 0 Å². The summed E-state index contributed by atoms with van der Waals surface area (Å²) in [5, 5.41) is 3.38. The molecule has 4 heteroatoms. The highest BCUT2D eigenvalue weighted by Gasteiger charge is 2.10. The van der Waals surface area contributed by atoms with E-state index in [-0.39, 0.29) is 0 Å². The van der Waals surface area contributed by atoms with Crippen LogP contribution in [0.2, 0.25) is 0 Å². The van der Waals surface area contributed by atoms with E-state index in [1.54, 1.807) is 6.20 Å². The Labute approximate surface area is 90.5 Å². The van der Waals surface area contributed by atoms with Gasteiger partial charge < -0.3 is 16.0 Å². The van der Waals surface area contributed by atoms with Gasteiger partial charge in [0.05, 0.1) is 11.9 Å². The van der Waals surface area contributed by atoms with Crippen LogP contribution in [0.5, 0.6) is 0 Å². The zero-order valence-corrected chi connectivity index (χ0v) is 9.16. The van der Waals surface area contributed by atoms with Gasteiger partial charge in [-0.2, -0.15) is 0 Å². The van der Waals surface area contributed by atoms with Gasteiger partial charge in [-0.1, -0.05) is 0 Å². The highest BCUT2D eigenvalue weighted by atomic mass is 15.2. The van der Waals surface area contributed by atoms with Crippen LogP contribution >= 0.6 is 0 Å². The molecule has 3 N–H and O–H groups in total. The Kier molecular flexibility index (Phi) is 3.06. The van der Waals surface area contributed by atoms with Crippen molar-refractivity contribution in [2.75, 3.05) is 36.8 Å². The standard InChI is InChI=1S/C11H18N4/c1-9-7-11(14-8-10(9)12)15-5-2-3-13-4-6-15/h7-8,13H,2-6,12H2,1H3. The van der Waals surface area contributed by atoms with Gasteiger partial charge in [-0.3, -0.25) is 0 Å². The van der Waals surface area contributed by atoms with Crippen molar-refractivity contribution in [3.63, 3.8) is 0 Å². The zero-order chi connectivity index (χ0) is 10.7. The molecule has 1 aromatic rings. The second kappa shape index (κ2) is 4.49. The molecule has 4 nitrogen and oxygen atoms in total. The summed E-state index contributed by atoms with van der Waals surface area (Å²) in [6.07, 6.45) is 2.92. The molecule has 0 bridgehead atoms. The highest BCUT2D eigenvalue weighted by molar-refractivity contribution is 5.52. The van der Waals surface area contributed by atoms with Crippen LogP contribution in [0.25, 0.3) is 0 Å². The Morgan fingerprint density at radius 2 is 2.27 bits per heavy atom. The van der Waals surface area contributed by atoms with E-state index in [4.69, 9.17) is 5.73 Å². The largest absolute Gasteiger partial charge is 0.397 e.